The Morgan fingerprint density at radius 3 is 2.80 bits per heavy atom. The highest BCUT2D eigenvalue weighted by atomic mass is 35.5. The van der Waals surface area contributed by atoms with Crippen LogP contribution in [-0.4, -0.2) is 27.3 Å². The number of carbonyl (C=O) groups excluding carboxylic acids is 1. The lowest BCUT2D eigenvalue weighted by atomic mass is 10.1. The van der Waals surface area contributed by atoms with Gasteiger partial charge in [-0.05, 0) is 36.9 Å². The quantitative estimate of drug-likeness (QED) is 0.510. The summed E-state index contributed by atoms with van der Waals surface area (Å²) >= 11 is 7.77. The molecule has 0 N–H and O–H groups in total. The van der Waals surface area contributed by atoms with Crippen molar-refractivity contribution in [2.24, 2.45) is 0 Å². The topological polar surface area (TPSA) is 68.2 Å². The van der Waals surface area contributed by atoms with Gasteiger partial charge in [-0.1, -0.05) is 48.5 Å². The summed E-state index contributed by atoms with van der Waals surface area (Å²) < 4.78 is 20.4. The van der Waals surface area contributed by atoms with Crippen LogP contribution in [0.5, 0.6) is 5.88 Å². The Hall–Kier alpha value is -2.71. The van der Waals surface area contributed by atoms with Crippen molar-refractivity contribution in [3.8, 4) is 17.1 Å². The number of halogens is 2. The Kier molecular flexibility index (Phi) is 5.87. The fraction of sp³-hybridized carbons (Fsp3) is 0.238. The number of fused-ring (bicyclic) bond motifs is 3. The molecule has 0 fully saturated rings. The number of nitrogens with zero attached hydrogens (tertiary/aromatic N) is 4. The van der Waals surface area contributed by atoms with Gasteiger partial charge >= 0.3 is 0 Å². The van der Waals surface area contributed by atoms with Crippen molar-refractivity contribution in [2.75, 3.05) is 11.2 Å². The van der Waals surface area contributed by atoms with Gasteiger partial charge in [0.1, 0.15) is 5.82 Å². The molecule has 0 spiro atoms. The summed E-state index contributed by atoms with van der Waals surface area (Å²) in [5, 5.41) is 9.14. The molecule has 6 nitrogen and oxygen atoms in total. The highest BCUT2D eigenvalue weighted by Crippen LogP contribution is 2.44. The number of rotatable bonds is 4. The SMILES string of the molecule is CCCC(=O)N1c2ccc(F)cc2-c2nnc(SC)nc2OC1c1ccccc1Cl. The van der Waals surface area contributed by atoms with Crippen molar-refractivity contribution in [3.05, 3.63) is 58.9 Å². The Balaban J connectivity index is 2.00. The van der Waals surface area contributed by atoms with E-state index in [9.17, 15) is 9.18 Å². The molecule has 9 heteroatoms. The van der Waals surface area contributed by atoms with E-state index in [1.165, 1.54) is 28.8 Å². The van der Waals surface area contributed by atoms with Gasteiger partial charge in [0, 0.05) is 22.6 Å². The molecule has 1 atom stereocenters. The first-order chi connectivity index (χ1) is 14.5. The third-order valence-electron chi connectivity index (χ3n) is 4.65. The van der Waals surface area contributed by atoms with E-state index >= 15 is 0 Å². The van der Waals surface area contributed by atoms with Gasteiger partial charge in [0.05, 0.1) is 5.69 Å². The molecule has 1 aliphatic heterocycles. The van der Waals surface area contributed by atoms with Crippen LogP contribution in [0.3, 0.4) is 0 Å². The number of aromatic nitrogens is 3. The standard InChI is InChI=1S/C21H18ClFN4O2S/c1-3-6-17(28)27-16-10-9-12(23)11-14(16)18-19(24-21(30-2)26-25-18)29-20(27)13-7-4-5-8-15(13)22/h4-5,7-11,20H,3,6H2,1-2H3. The maximum atomic E-state index is 14.2. The molecule has 1 aliphatic rings. The molecular formula is C21H18ClFN4O2S. The number of ether oxygens (including phenoxy) is 1. The van der Waals surface area contributed by atoms with E-state index in [-0.39, 0.29) is 23.9 Å². The summed E-state index contributed by atoms with van der Waals surface area (Å²) in [6, 6.07) is 11.3. The molecule has 1 amide bonds. The summed E-state index contributed by atoms with van der Waals surface area (Å²) in [5.74, 6) is -0.478. The van der Waals surface area contributed by atoms with E-state index in [0.717, 1.165) is 0 Å². The first-order valence-corrected chi connectivity index (χ1v) is 11.0. The second kappa shape index (κ2) is 8.57. The van der Waals surface area contributed by atoms with Crippen molar-refractivity contribution in [1.82, 2.24) is 15.2 Å². The van der Waals surface area contributed by atoms with Crippen molar-refractivity contribution in [1.29, 1.82) is 0 Å². The Bertz CT molecular complexity index is 1110. The van der Waals surface area contributed by atoms with Crippen molar-refractivity contribution in [3.63, 3.8) is 0 Å². The lowest BCUT2D eigenvalue weighted by molar-refractivity contribution is -0.120. The molecule has 0 saturated heterocycles. The predicted molar refractivity (Wildman–Crippen MR) is 114 cm³/mol. The highest BCUT2D eigenvalue weighted by Gasteiger charge is 2.36. The molecule has 0 bridgehead atoms. The molecule has 30 heavy (non-hydrogen) atoms. The van der Waals surface area contributed by atoms with Gasteiger partial charge in [-0.2, -0.15) is 4.98 Å². The van der Waals surface area contributed by atoms with Crippen LogP contribution in [0.25, 0.3) is 11.3 Å². The molecule has 154 valence electrons. The van der Waals surface area contributed by atoms with Gasteiger partial charge in [-0.3, -0.25) is 9.69 Å². The lowest BCUT2D eigenvalue weighted by Gasteiger charge is -2.31. The highest BCUT2D eigenvalue weighted by molar-refractivity contribution is 7.98. The van der Waals surface area contributed by atoms with Crippen LogP contribution in [0.15, 0.2) is 47.6 Å². The molecule has 2 aromatic carbocycles. The first-order valence-electron chi connectivity index (χ1n) is 9.35. The van der Waals surface area contributed by atoms with E-state index < -0.39 is 12.0 Å². The third kappa shape index (κ3) is 3.73. The largest absolute Gasteiger partial charge is 0.447 e. The summed E-state index contributed by atoms with van der Waals surface area (Å²) in [6.07, 6.45) is 1.85. The lowest BCUT2D eigenvalue weighted by Crippen LogP contribution is -2.37. The minimum Gasteiger partial charge on any atom is -0.447 e. The second-order valence-corrected chi connectivity index (χ2v) is 7.80. The van der Waals surface area contributed by atoms with Gasteiger partial charge in [0.2, 0.25) is 23.2 Å². The monoisotopic (exact) mass is 444 g/mol. The average molecular weight is 445 g/mol. The Morgan fingerprint density at radius 1 is 1.27 bits per heavy atom. The zero-order chi connectivity index (χ0) is 21.3. The number of hydrogen-bond acceptors (Lipinski definition) is 6. The van der Waals surface area contributed by atoms with E-state index in [2.05, 4.69) is 15.2 Å². The van der Waals surface area contributed by atoms with Gasteiger partial charge in [0.15, 0.2) is 5.69 Å². The van der Waals surface area contributed by atoms with Gasteiger partial charge in [-0.15, -0.1) is 10.2 Å². The number of benzene rings is 2. The van der Waals surface area contributed by atoms with Gasteiger partial charge < -0.3 is 4.74 Å². The molecule has 0 radical (unpaired) electrons. The van der Waals surface area contributed by atoms with Crippen LogP contribution in [0, 0.1) is 5.82 Å². The molecule has 3 aromatic rings. The summed E-state index contributed by atoms with van der Waals surface area (Å²) in [5.41, 5.74) is 1.71. The van der Waals surface area contributed by atoms with Crippen LogP contribution in [-0.2, 0) is 4.79 Å². The maximum Gasteiger partial charge on any atom is 0.247 e. The van der Waals surface area contributed by atoms with E-state index in [0.29, 0.717) is 33.4 Å². The third-order valence-corrected chi connectivity index (χ3v) is 5.54. The van der Waals surface area contributed by atoms with Crippen molar-refractivity contribution < 1.29 is 13.9 Å². The fourth-order valence-corrected chi connectivity index (χ4v) is 3.83. The molecule has 0 aliphatic carbocycles. The summed E-state index contributed by atoms with van der Waals surface area (Å²) in [4.78, 5) is 19.1. The number of thioether (sulfide) groups is 1. The van der Waals surface area contributed by atoms with E-state index in [4.69, 9.17) is 16.3 Å². The zero-order valence-electron chi connectivity index (χ0n) is 16.3. The average Bonchev–Trinajstić information content (AvgIpc) is 2.88. The molecule has 0 saturated carbocycles. The number of anilines is 1. The Morgan fingerprint density at radius 2 is 2.07 bits per heavy atom. The normalized spacial score (nSPS) is 15.1. The summed E-state index contributed by atoms with van der Waals surface area (Å²) in [7, 11) is 0. The van der Waals surface area contributed by atoms with Crippen LogP contribution in [0.4, 0.5) is 10.1 Å². The molecule has 1 unspecified atom stereocenters. The zero-order valence-corrected chi connectivity index (χ0v) is 17.9. The van der Waals surface area contributed by atoms with E-state index in [1.807, 2.05) is 19.2 Å². The number of amides is 1. The molecule has 2 heterocycles. The smallest absolute Gasteiger partial charge is 0.247 e. The Labute approximate surface area is 182 Å². The van der Waals surface area contributed by atoms with Gasteiger partial charge in [-0.25, -0.2) is 4.39 Å². The number of hydrogen-bond donors (Lipinski definition) is 0. The molecule has 1 aromatic heterocycles. The predicted octanol–water partition coefficient (Wildman–Crippen LogP) is 5.28. The van der Waals surface area contributed by atoms with Crippen molar-refractivity contribution in [2.45, 2.75) is 31.1 Å². The summed E-state index contributed by atoms with van der Waals surface area (Å²) in [6.45, 7) is 1.92. The van der Waals surface area contributed by atoms with Crippen molar-refractivity contribution >= 4 is 35.0 Å². The molecule has 4 rings (SSSR count). The van der Waals surface area contributed by atoms with Crippen LogP contribution in [0.1, 0.15) is 31.6 Å². The van der Waals surface area contributed by atoms with Crippen LogP contribution < -0.4 is 9.64 Å². The number of carbonyl (C=O) groups is 1. The molecular weight excluding hydrogens is 427 g/mol. The second-order valence-electron chi connectivity index (χ2n) is 6.62. The first kappa shape index (κ1) is 20.6. The minimum atomic E-state index is -0.894. The van der Waals surface area contributed by atoms with Crippen LogP contribution >= 0.6 is 23.4 Å². The van der Waals surface area contributed by atoms with Gasteiger partial charge in [0.25, 0.3) is 0 Å². The minimum absolute atomic E-state index is 0.165. The fourth-order valence-electron chi connectivity index (χ4n) is 3.31. The maximum absolute atomic E-state index is 14.2. The van der Waals surface area contributed by atoms with Crippen LogP contribution in [0.2, 0.25) is 5.02 Å². The van der Waals surface area contributed by atoms with E-state index in [1.54, 1.807) is 24.3 Å².